The first-order valence-electron chi connectivity index (χ1n) is 8.69. The number of aromatic nitrogens is 2. The van der Waals surface area contributed by atoms with E-state index in [0.29, 0.717) is 11.5 Å². The number of hydrogen-bond donors (Lipinski definition) is 1. The Bertz CT molecular complexity index is 865. The number of nitrogens with one attached hydrogen (secondary N) is 1. The molecule has 0 aliphatic rings. The number of benzene rings is 2. The summed E-state index contributed by atoms with van der Waals surface area (Å²) < 4.78 is 5.15. The third-order valence-electron chi connectivity index (χ3n) is 4.20. The van der Waals surface area contributed by atoms with Gasteiger partial charge in [0.05, 0.1) is 19.5 Å². The van der Waals surface area contributed by atoms with Gasteiger partial charge >= 0.3 is 0 Å². The van der Waals surface area contributed by atoms with Gasteiger partial charge in [-0.15, -0.1) is 0 Å². The normalized spacial score (nSPS) is 10.3. The molecule has 6 nitrogen and oxygen atoms in total. The van der Waals surface area contributed by atoms with Crippen LogP contribution in [-0.2, 0) is 6.42 Å². The van der Waals surface area contributed by atoms with Gasteiger partial charge in [-0.1, -0.05) is 30.3 Å². The van der Waals surface area contributed by atoms with E-state index in [0.717, 1.165) is 24.4 Å². The molecule has 27 heavy (non-hydrogen) atoms. The molecule has 0 radical (unpaired) electrons. The van der Waals surface area contributed by atoms with Crippen molar-refractivity contribution in [3.05, 3.63) is 78.2 Å². The number of carbonyl (C=O) groups excluding carboxylic acids is 1. The van der Waals surface area contributed by atoms with Crippen LogP contribution in [0.15, 0.2) is 67.0 Å². The molecular formula is C21H22N4O2. The van der Waals surface area contributed by atoms with E-state index in [2.05, 4.69) is 15.3 Å². The molecule has 0 saturated heterocycles. The van der Waals surface area contributed by atoms with Crippen molar-refractivity contribution in [2.75, 3.05) is 30.9 Å². The smallest absolute Gasteiger partial charge is 0.278 e. The van der Waals surface area contributed by atoms with E-state index in [4.69, 9.17) is 4.74 Å². The number of methoxy groups -OCH3 is 1. The summed E-state index contributed by atoms with van der Waals surface area (Å²) in [5.41, 5.74) is 2.32. The summed E-state index contributed by atoms with van der Waals surface area (Å²) in [5.74, 6) is 1.29. The van der Waals surface area contributed by atoms with Gasteiger partial charge in [-0.3, -0.25) is 4.79 Å². The predicted octanol–water partition coefficient (Wildman–Crippen LogP) is 3.42. The molecule has 138 valence electrons. The van der Waals surface area contributed by atoms with Crippen LogP contribution in [0.25, 0.3) is 0 Å². The zero-order chi connectivity index (χ0) is 19.1. The maximum Gasteiger partial charge on any atom is 0.278 e. The zero-order valence-corrected chi connectivity index (χ0v) is 15.4. The highest BCUT2D eigenvalue weighted by Gasteiger charge is 2.15. The van der Waals surface area contributed by atoms with Crippen LogP contribution in [0.1, 0.15) is 16.1 Å². The molecule has 0 aliphatic heterocycles. The molecule has 0 atom stereocenters. The molecule has 3 rings (SSSR count). The fourth-order valence-electron chi connectivity index (χ4n) is 2.60. The average Bonchev–Trinajstić information content (AvgIpc) is 2.74. The van der Waals surface area contributed by atoms with Gasteiger partial charge < -0.3 is 15.0 Å². The lowest BCUT2D eigenvalue weighted by Crippen LogP contribution is -2.27. The van der Waals surface area contributed by atoms with Gasteiger partial charge in [0, 0.05) is 19.3 Å². The number of carbonyl (C=O) groups is 1. The number of nitrogens with zero attached hydrogens (tertiary/aromatic N) is 3. The summed E-state index contributed by atoms with van der Waals surface area (Å²) in [5, 5.41) is 3.22. The predicted molar refractivity (Wildman–Crippen MR) is 106 cm³/mol. The lowest BCUT2D eigenvalue weighted by molar-refractivity contribution is 0.0988. The van der Waals surface area contributed by atoms with Crippen LogP contribution in [0.4, 0.5) is 11.5 Å². The summed E-state index contributed by atoms with van der Waals surface area (Å²) in [6.07, 6.45) is 3.93. The van der Waals surface area contributed by atoms with Crippen LogP contribution in [0.3, 0.4) is 0 Å². The summed E-state index contributed by atoms with van der Waals surface area (Å²) >= 11 is 0. The molecule has 1 amide bonds. The summed E-state index contributed by atoms with van der Waals surface area (Å²) in [4.78, 5) is 22.6. The Balaban J connectivity index is 1.54. The van der Waals surface area contributed by atoms with Crippen molar-refractivity contribution < 1.29 is 9.53 Å². The molecule has 6 heteroatoms. The van der Waals surface area contributed by atoms with Gasteiger partial charge in [-0.05, 0) is 36.2 Å². The minimum absolute atomic E-state index is 0.196. The molecule has 1 N–H and O–H groups in total. The maximum absolute atomic E-state index is 12.5. The van der Waals surface area contributed by atoms with Gasteiger partial charge in [0.1, 0.15) is 17.3 Å². The number of amides is 1. The van der Waals surface area contributed by atoms with Crippen molar-refractivity contribution in [1.82, 2.24) is 9.97 Å². The molecule has 0 aliphatic carbocycles. The van der Waals surface area contributed by atoms with Crippen molar-refractivity contribution in [2.24, 2.45) is 0 Å². The first-order valence-corrected chi connectivity index (χ1v) is 8.69. The third kappa shape index (κ3) is 4.82. The first-order chi connectivity index (χ1) is 13.2. The van der Waals surface area contributed by atoms with Crippen molar-refractivity contribution in [3.63, 3.8) is 0 Å². The van der Waals surface area contributed by atoms with Gasteiger partial charge in [-0.2, -0.15) is 0 Å². The lowest BCUT2D eigenvalue weighted by Gasteiger charge is -2.16. The SMILES string of the molecule is COc1ccc(CCNc2cnc(C(=O)N(C)c3ccccc3)cn2)cc1. The monoisotopic (exact) mass is 362 g/mol. The third-order valence-corrected chi connectivity index (χ3v) is 4.20. The van der Waals surface area contributed by atoms with Crippen LogP contribution >= 0.6 is 0 Å². The summed E-state index contributed by atoms with van der Waals surface area (Å²) in [7, 11) is 3.38. The van der Waals surface area contributed by atoms with Crippen LogP contribution in [0.5, 0.6) is 5.75 Å². The number of rotatable bonds is 7. The summed E-state index contributed by atoms with van der Waals surface area (Å²) in [6, 6.07) is 17.4. The van der Waals surface area contributed by atoms with Gasteiger partial charge in [0.25, 0.3) is 5.91 Å². The van der Waals surface area contributed by atoms with Crippen molar-refractivity contribution in [3.8, 4) is 5.75 Å². The van der Waals surface area contributed by atoms with E-state index in [9.17, 15) is 4.79 Å². The highest BCUT2D eigenvalue weighted by molar-refractivity contribution is 6.04. The molecule has 2 aromatic carbocycles. The van der Waals surface area contributed by atoms with Crippen molar-refractivity contribution in [2.45, 2.75) is 6.42 Å². The largest absolute Gasteiger partial charge is 0.497 e. The molecule has 0 fully saturated rings. The lowest BCUT2D eigenvalue weighted by atomic mass is 10.1. The first kappa shape index (κ1) is 18.4. The molecule has 0 spiro atoms. The van der Waals surface area contributed by atoms with Crippen LogP contribution in [0.2, 0.25) is 0 Å². The maximum atomic E-state index is 12.5. The Hall–Kier alpha value is -3.41. The molecule has 1 heterocycles. The minimum atomic E-state index is -0.196. The summed E-state index contributed by atoms with van der Waals surface area (Å²) in [6.45, 7) is 0.720. The molecule has 3 aromatic rings. The Morgan fingerprint density at radius 3 is 2.41 bits per heavy atom. The van der Waals surface area contributed by atoms with E-state index in [1.807, 2.05) is 54.6 Å². The molecular weight excluding hydrogens is 340 g/mol. The molecule has 1 aromatic heterocycles. The van der Waals surface area contributed by atoms with E-state index in [1.54, 1.807) is 25.3 Å². The van der Waals surface area contributed by atoms with Gasteiger partial charge in [-0.25, -0.2) is 9.97 Å². The Labute approximate surface area is 158 Å². The Morgan fingerprint density at radius 2 is 1.78 bits per heavy atom. The molecule has 0 unspecified atom stereocenters. The highest BCUT2D eigenvalue weighted by Crippen LogP contribution is 2.14. The second kappa shape index (κ2) is 8.80. The standard InChI is InChI=1S/C21H22N4O2/c1-25(17-6-4-3-5-7-17)21(26)19-14-24-20(15-23-19)22-13-12-16-8-10-18(27-2)11-9-16/h3-11,14-15H,12-13H2,1-2H3,(H,22,24). The average molecular weight is 362 g/mol. The van der Waals surface area contributed by atoms with Crippen molar-refractivity contribution >= 4 is 17.4 Å². The van der Waals surface area contributed by atoms with Crippen LogP contribution < -0.4 is 15.0 Å². The molecule has 0 saturated carbocycles. The van der Waals surface area contributed by atoms with Crippen LogP contribution in [0, 0.1) is 0 Å². The topological polar surface area (TPSA) is 67.3 Å². The second-order valence-corrected chi connectivity index (χ2v) is 6.01. The highest BCUT2D eigenvalue weighted by atomic mass is 16.5. The van der Waals surface area contributed by atoms with Gasteiger partial charge in [0.15, 0.2) is 0 Å². The number of hydrogen-bond acceptors (Lipinski definition) is 5. The second-order valence-electron chi connectivity index (χ2n) is 6.01. The Kier molecular flexibility index (Phi) is 5.99. The number of anilines is 2. The zero-order valence-electron chi connectivity index (χ0n) is 15.4. The number of ether oxygens (including phenoxy) is 1. The van der Waals surface area contributed by atoms with E-state index >= 15 is 0 Å². The van der Waals surface area contributed by atoms with E-state index in [-0.39, 0.29) is 5.91 Å². The van der Waals surface area contributed by atoms with E-state index < -0.39 is 0 Å². The minimum Gasteiger partial charge on any atom is -0.497 e. The quantitative estimate of drug-likeness (QED) is 0.698. The van der Waals surface area contributed by atoms with Crippen molar-refractivity contribution in [1.29, 1.82) is 0 Å². The Morgan fingerprint density at radius 1 is 1.04 bits per heavy atom. The van der Waals surface area contributed by atoms with Crippen LogP contribution in [-0.4, -0.2) is 36.6 Å². The van der Waals surface area contributed by atoms with E-state index in [1.165, 1.54) is 11.8 Å². The fraction of sp³-hybridized carbons (Fsp3) is 0.190. The molecule has 0 bridgehead atoms. The number of para-hydroxylation sites is 1. The fourth-order valence-corrected chi connectivity index (χ4v) is 2.60. The van der Waals surface area contributed by atoms with Gasteiger partial charge in [0.2, 0.25) is 0 Å².